The lowest BCUT2D eigenvalue weighted by molar-refractivity contribution is 0.566. The maximum atomic E-state index is 13.1. The van der Waals surface area contributed by atoms with Gasteiger partial charge in [-0.15, -0.1) is 0 Å². The molecular weight excluding hydrogens is 364 g/mol. The Morgan fingerprint density at radius 3 is 2.25 bits per heavy atom. The fraction of sp³-hybridized carbons (Fsp3) is 0.333. The third-order valence-electron chi connectivity index (χ3n) is 3.84. The fourth-order valence-electron chi connectivity index (χ4n) is 2.59. The molecule has 2 unspecified atom stereocenters. The molecule has 2 rings (SSSR count). The molecule has 0 bridgehead atoms. The standard InChI is InChI=1S/C18H21ClO3S2/c1-23(20)14-6-5-9-18(15-7-3-2-4-8-15)24(21,22)17-12-10-16(19)11-13-17/h2-4,7-8,10-13,18H,5-6,9,14H2,1H3. The van der Waals surface area contributed by atoms with Crippen molar-refractivity contribution < 1.29 is 13.0 Å². The van der Waals surface area contributed by atoms with Crippen LogP contribution in [0, 0.1) is 0 Å². The molecular formula is C18H21ClO3S2. The van der Waals surface area contributed by atoms with Gasteiger partial charge in [0, 0.05) is 5.02 Å². The predicted octanol–water partition coefficient (Wildman–Crippen LogP) is 4.40. The molecule has 0 aliphatic carbocycles. The third-order valence-corrected chi connectivity index (χ3v) is 7.14. The first-order valence-corrected chi connectivity index (χ1v) is 11.4. The number of hydrogen-bond acceptors (Lipinski definition) is 3. The van der Waals surface area contributed by atoms with Gasteiger partial charge in [-0.05, 0) is 49.1 Å². The van der Waals surface area contributed by atoms with Gasteiger partial charge in [0.25, 0.3) is 0 Å². The molecule has 0 saturated heterocycles. The van der Waals surface area contributed by atoms with Gasteiger partial charge in [0.05, 0.1) is 16.4 Å². The second-order valence-electron chi connectivity index (χ2n) is 5.67. The van der Waals surface area contributed by atoms with E-state index in [1.165, 1.54) is 0 Å². The normalized spacial score (nSPS) is 14.3. The van der Waals surface area contributed by atoms with Gasteiger partial charge in [0.15, 0.2) is 9.84 Å². The van der Waals surface area contributed by atoms with Crippen molar-refractivity contribution in [3.8, 4) is 0 Å². The van der Waals surface area contributed by atoms with Crippen LogP contribution in [0.1, 0.15) is 30.1 Å². The van der Waals surface area contributed by atoms with E-state index in [1.807, 2.05) is 30.3 Å². The van der Waals surface area contributed by atoms with Crippen LogP contribution in [0.2, 0.25) is 5.02 Å². The molecule has 0 spiro atoms. The maximum absolute atomic E-state index is 13.1. The van der Waals surface area contributed by atoms with Crippen molar-refractivity contribution in [2.24, 2.45) is 0 Å². The van der Waals surface area contributed by atoms with E-state index >= 15 is 0 Å². The van der Waals surface area contributed by atoms with E-state index in [0.717, 1.165) is 12.0 Å². The molecule has 2 aromatic rings. The molecule has 24 heavy (non-hydrogen) atoms. The highest BCUT2D eigenvalue weighted by atomic mass is 35.5. The van der Waals surface area contributed by atoms with E-state index < -0.39 is 26.3 Å². The Balaban J connectivity index is 2.26. The number of rotatable bonds is 8. The smallest absolute Gasteiger partial charge is 0.185 e. The molecule has 0 aliphatic heterocycles. The molecule has 0 radical (unpaired) electrons. The second-order valence-corrected chi connectivity index (χ2v) is 9.79. The van der Waals surface area contributed by atoms with Crippen molar-refractivity contribution in [2.45, 2.75) is 29.4 Å². The fourth-order valence-corrected chi connectivity index (χ4v) is 5.17. The molecule has 0 amide bonds. The predicted molar refractivity (Wildman–Crippen MR) is 101 cm³/mol. The summed E-state index contributed by atoms with van der Waals surface area (Å²) in [5.74, 6) is 0.600. The molecule has 0 aromatic heterocycles. The van der Waals surface area contributed by atoms with E-state index in [4.69, 9.17) is 11.6 Å². The first-order valence-electron chi connectivity index (χ1n) is 7.75. The van der Waals surface area contributed by atoms with Crippen LogP contribution in [0.3, 0.4) is 0 Å². The summed E-state index contributed by atoms with van der Waals surface area (Å²) in [5, 5.41) is -0.0965. The molecule has 0 N–H and O–H groups in total. The first-order chi connectivity index (χ1) is 11.4. The van der Waals surface area contributed by atoms with Crippen LogP contribution in [-0.4, -0.2) is 25.0 Å². The minimum Gasteiger partial charge on any atom is -0.617 e. The lowest BCUT2D eigenvalue weighted by Crippen LogP contribution is -2.14. The summed E-state index contributed by atoms with van der Waals surface area (Å²) in [7, 11) is -3.51. The second kappa shape index (κ2) is 8.90. The van der Waals surface area contributed by atoms with Crippen molar-refractivity contribution in [3.05, 3.63) is 65.2 Å². The van der Waals surface area contributed by atoms with E-state index in [-0.39, 0.29) is 4.90 Å². The van der Waals surface area contributed by atoms with Gasteiger partial charge in [-0.2, -0.15) is 0 Å². The lowest BCUT2D eigenvalue weighted by atomic mass is 10.1. The average molecular weight is 385 g/mol. The Morgan fingerprint density at radius 1 is 1.04 bits per heavy atom. The summed E-state index contributed by atoms with van der Waals surface area (Å²) in [6, 6.07) is 15.5. The number of sulfone groups is 1. The van der Waals surface area contributed by atoms with Crippen LogP contribution in [-0.2, 0) is 21.0 Å². The largest absolute Gasteiger partial charge is 0.617 e. The summed E-state index contributed by atoms with van der Waals surface area (Å²) in [6.07, 6.45) is 3.64. The number of hydrogen-bond donors (Lipinski definition) is 0. The Labute approximate surface area is 152 Å². The molecule has 0 fully saturated rings. The van der Waals surface area contributed by atoms with Crippen LogP contribution in [0.25, 0.3) is 0 Å². The Morgan fingerprint density at radius 2 is 1.67 bits per heavy atom. The zero-order valence-corrected chi connectivity index (χ0v) is 15.9. The number of unbranched alkanes of at least 4 members (excludes halogenated alkanes) is 1. The van der Waals surface area contributed by atoms with Crippen molar-refractivity contribution in [3.63, 3.8) is 0 Å². The Kier molecular flexibility index (Phi) is 7.16. The quantitative estimate of drug-likeness (QED) is 0.500. The summed E-state index contributed by atoms with van der Waals surface area (Å²) >= 11 is 5.02. The van der Waals surface area contributed by atoms with Crippen LogP contribution in [0.4, 0.5) is 0 Å². The van der Waals surface area contributed by atoms with Gasteiger partial charge in [0.2, 0.25) is 0 Å². The zero-order chi connectivity index (χ0) is 17.6. The maximum Gasteiger partial charge on any atom is 0.185 e. The van der Waals surface area contributed by atoms with Crippen molar-refractivity contribution in [1.29, 1.82) is 0 Å². The van der Waals surface area contributed by atoms with Crippen LogP contribution in [0.5, 0.6) is 0 Å². The third kappa shape index (κ3) is 5.24. The molecule has 2 aromatic carbocycles. The molecule has 0 heterocycles. The van der Waals surface area contributed by atoms with Crippen molar-refractivity contribution in [1.82, 2.24) is 0 Å². The van der Waals surface area contributed by atoms with Crippen LogP contribution in [0.15, 0.2) is 59.5 Å². The topological polar surface area (TPSA) is 57.2 Å². The first kappa shape index (κ1) is 19.3. The van der Waals surface area contributed by atoms with Gasteiger partial charge < -0.3 is 4.55 Å². The lowest BCUT2D eigenvalue weighted by Gasteiger charge is -2.18. The highest BCUT2D eigenvalue weighted by Crippen LogP contribution is 2.33. The van der Waals surface area contributed by atoms with Gasteiger partial charge in [-0.3, -0.25) is 0 Å². The molecule has 0 aliphatic rings. The summed E-state index contributed by atoms with van der Waals surface area (Å²) < 4.78 is 37.3. The minimum atomic E-state index is -3.51. The van der Waals surface area contributed by atoms with Crippen LogP contribution < -0.4 is 0 Å². The van der Waals surface area contributed by atoms with Gasteiger partial charge >= 0.3 is 0 Å². The van der Waals surface area contributed by atoms with E-state index in [0.29, 0.717) is 23.6 Å². The monoisotopic (exact) mass is 384 g/mol. The summed E-state index contributed by atoms with van der Waals surface area (Å²) in [4.78, 5) is 0.278. The van der Waals surface area contributed by atoms with Gasteiger partial charge in [-0.25, -0.2) is 8.42 Å². The van der Waals surface area contributed by atoms with E-state index in [2.05, 4.69) is 0 Å². The number of halogens is 1. The van der Waals surface area contributed by atoms with E-state index in [1.54, 1.807) is 30.5 Å². The van der Waals surface area contributed by atoms with Crippen molar-refractivity contribution >= 4 is 32.6 Å². The summed E-state index contributed by atoms with van der Waals surface area (Å²) in [5.41, 5.74) is 0.782. The average Bonchev–Trinajstić information content (AvgIpc) is 2.55. The SMILES string of the molecule is C[S+]([O-])CCCCC(c1ccccc1)S(=O)(=O)c1ccc(Cl)cc1. The van der Waals surface area contributed by atoms with Gasteiger partial charge in [0.1, 0.15) is 5.75 Å². The number of benzene rings is 2. The Bertz CT molecular complexity index is 729. The summed E-state index contributed by atoms with van der Waals surface area (Å²) in [6.45, 7) is 0. The molecule has 2 atom stereocenters. The minimum absolute atomic E-state index is 0.278. The molecule has 130 valence electrons. The Hall–Kier alpha value is -1.01. The molecule has 6 heteroatoms. The van der Waals surface area contributed by atoms with E-state index in [9.17, 15) is 13.0 Å². The molecule has 0 saturated carbocycles. The zero-order valence-electron chi connectivity index (χ0n) is 13.5. The highest BCUT2D eigenvalue weighted by molar-refractivity contribution is 7.91. The van der Waals surface area contributed by atoms with Crippen molar-refractivity contribution in [2.75, 3.05) is 12.0 Å². The van der Waals surface area contributed by atoms with Gasteiger partial charge in [-0.1, -0.05) is 53.1 Å². The highest BCUT2D eigenvalue weighted by Gasteiger charge is 2.28. The van der Waals surface area contributed by atoms with Crippen LogP contribution >= 0.6 is 11.6 Å². The molecule has 3 nitrogen and oxygen atoms in total.